The Morgan fingerprint density at radius 1 is 0.765 bits per heavy atom. The highest BCUT2D eigenvalue weighted by atomic mass is 14.7. The van der Waals surface area contributed by atoms with Gasteiger partial charge in [-0.15, -0.1) is 0 Å². The molecule has 3 unspecified atom stereocenters. The van der Waals surface area contributed by atoms with E-state index < -0.39 is 0 Å². The first-order valence-corrected chi connectivity index (χ1v) is 7.92. The Bertz CT molecular complexity index is 208. The van der Waals surface area contributed by atoms with Gasteiger partial charge in [0.25, 0.3) is 0 Å². The molecule has 1 nitrogen and oxygen atoms in total. The predicted molar refractivity (Wildman–Crippen MR) is 74.8 cm³/mol. The smallest absolute Gasteiger partial charge is 0.00958 e. The molecule has 0 radical (unpaired) electrons. The Kier molecular flexibility index (Phi) is 4.90. The molecule has 2 aliphatic carbocycles. The summed E-state index contributed by atoms with van der Waals surface area (Å²) in [5.41, 5.74) is 6.62. The minimum Gasteiger partial charge on any atom is -0.327 e. The van der Waals surface area contributed by atoms with Crippen molar-refractivity contribution in [2.24, 2.45) is 29.4 Å². The maximum absolute atomic E-state index is 6.62. The van der Waals surface area contributed by atoms with Crippen LogP contribution in [0.15, 0.2) is 0 Å². The summed E-state index contributed by atoms with van der Waals surface area (Å²) in [6, 6.07) is 0.498. The van der Waals surface area contributed by atoms with Crippen LogP contribution in [0.25, 0.3) is 0 Å². The molecule has 2 aliphatic rings. The van der Waals surface area contributed by atoms with Gasteiger partial charge in [0, 0.05) is 6.04 Å². The van der Waals surface area contributed by atoms with Crippen LogP contribution in [0.2, 0.25) is 0 Å². The van der Waals surface area contributed by atoms with Gasteiger partial charge in [-0.25, -0.2) is 0 Å². The van der Waals surface area contributed by atoms with Crippen LogP contribution in [0.3, 0.4) is 0 Å². The highest BCUT2D eigenvalue weighted by Gasteiger charge is 2.32. The van der Waals surface area contributed by atoms with Crippen LogP contribution in [0, 0.1) is 23.7 Å². The molecule has 0 bridgehead atoms. The van der Waals surface area contributed by atoms with Gasteiger partial charge in [0.1, 0.15) is 0 Å². The topological polar surface area (TPSA) is 26.0 Å². The van der Waals surface area contributed by atoms with Crippen molar-refractivity contribution >= 4 is 0 Å². The Hall–Kier alpha value is -0.0400. The Balaban J connectivity index is 1.90. The molecule has 2 N–H and O–H groups in total. The second-order valence-corrected chi connectivity index (χ2v) is 7.01. The summed E-state index contributed by atoms with van der Waals surface area (Å²) in [5, 5.41) is 0. The lowest BCUT2D eigenvalue weighted by atomic mass is 9.70. The molecule has 0 saturated heterocycles. The quantitative estimate of drug-likeness (QED) is 0.710. The summed E-state index contributed by atoms with van der Waals surface area (Å²) in [4.78, 5) is 0. The lowest BCUT2D eigenvalue weighted by molar-refractivity contribution is 0.158. The standard InChI is InChI=1S/C16H31N/c1-12-9-13(2)11-15(10-12)16(17)14-7-5-3-4-6-8-14/h12-16H,3-11,17H2,1-2H3. The fourth-order valence-corrected chi connectivity index (χ4v) is 4.40. The zero-order chi connectivity index (χ0) is 12.3. The van der Waals surface area contributed by atoms with Crippen molar-refractivity contribution in [1.29, 1.82) is 0 Å². The van der Waals surface area contributed by atoms with Gasteiger partial charge in [0.15, 0.2) is 0 Å². The van der Waals surface area contributed by atoms with Gasteiger partial charge < -0.3 is 5.73 Å². The predicted octanol–water partition coefficient (Wildman–Crippen LogP) is 4.36. The fraction of sp³-hybridized carbons (Fsp3) is 1.00. The van der Waals surface area contributed by atoms with Crippen LogP contribution in [0.1, 0.15) is 71.6 Å². The van der Waals surface area contributed by atoms with Crippen molar-refractivity contribution in [1.82, 2.24) is 0 Å². The van der Waals surface area contributed by atoms with Gasteiger partial charge in [-0.3, -0.25) is 0 Å². The van der Waals surface area contributed by atoms with Crippen molar-refractivity contribution in [2.75, 3.05) is 0 Å². The third kappa shape index (κ3) is 3.71. The number of hydrogen-bond acceptors (Lipinski definition) is 1. The van der Waals surface area contributed by atoms with Crippen LogP contribution in [-0.2, 0) is 0 Å². The van der Waals surface area contributed by atoms with E-state index in [0.29, 0.717) is 6.04 Å². The van der Waals surface area contributed by atoms with Crippen molar-refractivity contribution < 1.29 is 0 Å². The summed E-state index contributed by atoms with van der Waals surface area (Å²) in [5.74, 6) is 3.46. The normalized spacial score (nSPS) is 38.6. The summed E-state index contributed by atoms with van der Waals surface area (Å²) in [7, 11) is 0. The van der Waals surface area contributed by atoms with E-state index in [4.69, 9.17) is 5.73 Å². The molecule has 3 atom stereocenters. The molecule has 2 saturated carbocycles. The Morgan fingerprint density at radius 2 is 1.29 bits per heavy atom. The SMILES string of the molecule is CC1CC(C)CC(C(N)C2CCCCCC2)C1. The van der Waals surface area contributed by atoms with Crippen LogP contribution in [0.4, 0.5) is 0 Å². The molecular formula is C16H31N. The van der Waals surface area contributed by atoms with Gasteiger partial charge in [-0.05, 0) is 55.8 Å². The molecule has 1 heteroatoms. The van der Waals surface area contributed by atoms with Gasteiger partial charge in [-0.2, -0.15) is 0 Å². The molecule has 0 aliphatic heterocycles. The van der Waals surface area contributed by atoms with E-state index in [1.54, 1.807) is 0 Å². The van der Waals surface area contributed by atoms with Gasteiger partial charge >= 0.3 is 0 Å². The summed E-state index contributed by atoms with van der Waals surface area (Å²) < 4.78 is 0. The van der Waals surface area contributed by atoms with E-state index in [1.165, 1.54) is 57.8 Å². The second-order valence-electron chi connectivity index (χ2n) is 7.01. The molecule has 0 amide bonds. The van der Waals surface area contributed by atoms with Crippen molar-refractivity contribution in [3.05, 3.63) is 0 Å². The minimum absolute atomic E-state index is 0.498. The Labute approximate surface area is 108 Å². The van der Waals surface area contributed by atoms with Crippen LogP contribution < -0.4 is 5.73 Å². The van der Waals surface area contributed by atoms with E-state index in [9.17, 15) is 0 Å². The molecule has 0 aromatic heterocycles. The van der Waals surface area contributed by atoms with Gasteiger partial charge in [0.2, 0.25) is 0 Å². The summed E-state index contributed by atoms with van der Waals surface area (Å²) >= 11 is 0. The molecule has 100 valence electrons. The second kappa shape index (κ2) is 6.22. The van der Waals surface area contributed by atoms with Crippen molar-refractivity contribution in [3.8, 4) is 0 Å². The highest BCUT2D eigenvalue weighted by Crippen LogP contribution is 2.38. The number of hydrogen-bond donors (Lipinski definition) is 1. The molecule has 17 heavy (non-hydrogen) atoms. The number of rotatable bonds is 2. The monoisotopic (exact) mass is 237 g/mol. The van der Waals surface area contributed by atoms with E-state index in [0.717, 1.165) is 23.7 Å². The maximum atomic E-state index is 6.62. The molecule has 0 aromatic rings. The van der Waals surface area contributed by atoms with Crippen LogP contribution in [-0.4, -0.2) is 6.04 Å². The van der Waals surface area contributed by atoms with Crippen LogP contribution in [0.5, 0.6) is 0 Å². The first-order chi connectivity index (χ1) is 8.16. The maximum Gasteiger partial charge on any atom is 0.00958 e. The summed E-state index contributed by atoms with van der Waals surface area (Å²) in [6.45, 7) is 4.84. The molecule has 0 aromatic carbocycles. The van der Waals surface area contributed by atoms with Gasteiger partial charge in [-0.1, -0.05) is 39.5 Å². The highest BCUT2D eigenvalue weighted by molar-refractivity contribution is 4.86. The molecule has 2 rings (SSSR count). The lowest BCUT2D eigenvalue weighted by Crippen LogP contribution is -2.41. The largest absolute Gasteiger partial charge is 0.327 e. The van der Waals surface area contributed by atoms with Crippen molar-refractivity contribution in [2.45, 2.75) is 77.7 Å². The van der Waals surface area contributed by atoms with E-state index >= 15 is 0 Å². The van der Waals surface area contributed by atoms with E-state index in [1.807, 2.05) is 0 Å². The molecular weight excluding hydrogens is 206 g/mol. The fourth-order valence-electron chi connectivity index (χ4n) is 4.40. The molecule has 0 heterocycles. The zero-order valence-electron chi connectivity index (χ0n) is 11.8. The molecule has 2 fully saturated rings. The Morgan fingerprint density at radius 3 is 1.82 bits per heavy atom. The number of nitrogens with two attached hydrogens (primary N) is 1. The van der Waals surface area contributed by atoms with Crippen molar-refractivity contribution in [3.63, 3.8) is 0 Å². The van der Waals surface area contributed by atoms with Crippen LogP contribution >= 0.6 is 0 Å². The summed E-state index contributed by atoms with van der Waals surface area (Å²) in [6.07, 6.45) is 12.8. The van der Waals surface area contributed by atoms with E-state index in [-0.39, 0.29) is 0 Å². The average Bonchev–Trinajstić information content (AvgIpc) is 2.55. The first-order valence-electron chi connectivity index (χ1n) is 7.92. The zero-order valence-corrected chi connectivity index (χ0v) is 11.8. The third-order valence-electron chi connectivity index (χ3n) is 5.20. The minimum atomic E-state index is 0.498. The average molecular weight is 237 g/mol. The lowest BCUT2D eigenvalue weighted by Gasteiger charge is -2.38. The first kappa shape index (κ1) is 13.4. The third-order valence-corrected chi connectivity index (χ3v) is 5.20. The molecule has 0 spiro atoms. The van der Waals surface area contributed by atoms with E-state index in [2.05, 4.69) is 13.8 Å². The van der Waals surface area contributed by atoms with Gasteiger partial charge in [0.05, 0.1) is 0 Å².